The second-order valence-corrected chi connectivity index (χ2v) is 7.88. The summed E-state index contributed by atoms with van der Waals surface area (Å²) in [6, 6.07) is 0. The van der Waals surface area contributed by atoms with E-state index in [9.17, 15) is 4.79 Å². The zero-order valence-electron chi connectivity index (χ0n) is 19.5. The van der Waals surface area contributed by atoms with Gasteiger partial charge >= 0.3 is 0 Å². The number of aliphatic hydroxyl groups excluding tert-OH is 1. The van der Waals surface area contributed by atoms with Gasteiger partial charge in [-0.3, -0.25) is 9.36 Å². The number of fused-ring (bicyclic) bond motifs is 1. The highest BCUT2D eigenvalue weighted by atomic mass is 16.5. The largest absolute Gasteiger partial charge is 0.393 e. The van der Waals surface area contributed by atoms with Crippen LogP contribution in [-0.2, 0) is 9.53 Å². The van der Waals surface area contributed by atoms with Crippen molar-refractivity contribution in [2.45, 2.75) is 84.7 Å². The van der Waals surface area contributed by atoms with Gasteiger partial charge in [-0.15, -0.1) is 6.42 Å². The van der Waals surface area contributed by atoms with Gasteiger partial charge in [0.15, 0.2) is 11.5 Å². The topological polar surface area (TPSA) is 128 Å². The predicted octanol–water partition coefficient (Wildman–Crippen LogP) is 2.79. The molecular formula is C23H36N6O3. The number of anilines is 1. The zero-order chi connectivity index (χ0) is 23.7. The molecule has 2 aliphatic rings. The summed E-state index contributed by atoms with van der Waals surface area (Å²) >= 11 is 0. The van der Waals surface area contributed by atoms with E-state index in [-0.39, 0.29) is 29.9 Å². The van der Waals surface area contributed by atoms with E-state index in [1.807, 2.05) is 20.8 Å². The minimum Gasteiger partial charge on any atom is -0.393 e. The highest BCUT2D eigenvalue weighted by Crippen LogP contribution is 2.31. The van der Waals surface area contributed by atoms with Crippen LogP contribution in [0.25, 0.3) is 11.2 Å². The Hall–Kier alpha value is -2.70. The van der Waals surface area contributed by atoms with E-state index < -0.39 is 6.10 Å². The van der Waals surface area contributed by atoms with Crippen LogP contribution >= 0.6 is 0 Å². The number of aromatic nitrogens is 4. The molecule has 0 radical (unpaired) electrons. The van der Waals surface area contributed by atoms with Crippen molar-refractivity contribution in [1.29, 1.82) is 0 Å². The third-order valence-electron chi connectivity index (χ3n) is 5.44. The standard InChI is InChI=1S/C14H16N6O2.C7H14O.C2H6/c1-3-9-18-12(15)11-13(19-9)20(7-17-11)10-6-5-8(22-10)14(21)16-4-2;1-6-3-2-4-7(8)5-6;1-2/h1,7-8,10H,4-6H2,2H3,(H,16,21)(H2,15,18,19);6-8H,2-5H2,1H3;1-2H3. The third-order valence-corrected chi connectivity index (χ3v) is 5.44. The number of nitrogen functional groups attached to an aromatic ring is 1. The van der Waals surface area contributed by atoms with Crippen molar-refractivity contribution in [2.24, 2.45) is 5.92 Å². The Bertz CT molecular complexity index is 914. The van der Waals surface area contributed by atoms with Gasteiger partial charge in [-0.25, -0.2) is 15.0 Å². The molecule has 32 heavy (non-hydrogen) atoms. The Balaban J connectivity index is 0.000000304. The normalized spacial score (nSPS) is 24.5. The third kappa shape index (κ3) is 6.40. The molecule has 4 N–H and O–H groups in total. The van der Waals surface area contributed by atoms with Crippen molar-refractivity contribution in [3.05, 3.63) is 12.2 Å². The first-order valence-corrected chi connectivity index (χ1v) is 11.5. The van der Waals surface area contributed by atoms with Gasteiger partial charge in [-0.05, 0) is 44.4 Å². The van der Waals surface area contributed by atoms with E-state index in [0.717, 1.165) is 18.8 Å². The number of imidazole rings is 1. The average Bonchev–Trinajstić information content (AvgIpc) is 3.43. The summed E-state index contributed by atoms with van der Waals surface area (Å²) in [5, 5.41) is 11.8. The van der Waals surface area contributed by atoms with Gasteiger partial charge in [0.1, 0.15) is 17.8 Å². The summed E-state index contributed by atoms with van der Waals surface area (Å²) in [5.74, 6) is 3.45. The molecule has 0 aromatic carbocycles. The number of aliphatic hydroxyl groups is 1. The second-order valence-electron chi connectivity index (χ2n) is 7.88. The number of hydrogen-bond donors (Lipinski definition) is 3. The number of ether oxygens (including phenoxy) is 1. The van der Waals surface area contributed by atoms with Gasteiger partial charge in [0.2, 0.25) is 11.7 Å². The zero-order valence-corrected chi connectivity index (χ0v) is 19.5. The van der Waals surface area contributed by atoms with Gasteiger partial charge in [0.05, 0.1) is 12.4 Å². The highest BCUT2D eigenvalue weighted by molar-refractivity contribution is 5.82. The molecule has 1 saturated heterocycles. The van der Waals surface area contributed by atoms with Gasteiger partial charge in [0.25, 0.3) is 0 Å². The molecule has 4 unspecified atom stereocenters. The Morgan fingerprint density at radius 3 is 2.69 bits per heavy atom. The lowest BCUT2D eigenvalue weighted by Gasteiger charge is -2.21. The van der Waals surface area contributed by atoms with Crippen molar-refractivity contribution < 1.29 is 14.6 Å². The van der Waals surface area contributed by atoms with Crippen molar-refractivity contribution >= 4 is 22.9 Å². The lowest BCUT2D eigenvalue weighted by molar-refractivity contribution is -0.133. The quantitative estimate of drug-likeness (QED) is 0.621. The first kappa shape index (κ1) is 25.6. The second kappa shape index (κ2) is 12.4. The Morgan fingerprint density at radius 1 is 1.34 bits per heavy atom. The van der Waals surface area contributed by atoms with E-state index in [1.54, 1.807) is 10.9 Å². The number of terminal acetylenes is 1. The maximum atomic E-state index is 11.8. The monoisotopic (exact) mass is 444 g/mol. The fraction of sp³-hybridized carbons (Fsp3) is 0.652. The first-order chi connectivity index (χ1) is 15.4. The fourth-order valence-electron chi connectivity index (χ4n) is 3.92. The van der Waals surface area contributed by atoms with Gasteiger partial charge in [-0.2, -0.15) is 0 Å². The molecular weight excluding hydrogens is 408 g/mol. The Morgan fingerprint density at radius 2 is 2.09 bits per heavy atom. The molecule has 2 aromatic heterocycles. The molecule has 9 heteroatoms. The molecule has 0 bridgehead atoms. The molecule has 2 fully saturated rings. The number of nitrogens with one attached hydrogen (secondary N) is 1. The molecule has 9 nitrogen and oxygen atoms in total. The number of carbonyl (C=O) groups excluding carboxylic acids is 1. The van der Waals surface area contributed by atoms with Gasteiger partial charge in [0, 0.05) is 6.54 Å². The number of likely N-dealkylation sites (N-methyl/N-ethyl adjacent to an activating group) is 1. The molecule has 1 saturated carbocycles. The summed E-state index contributed by atoms with van der Waals surface area (Å²) < 4.78 is 7.54. The smallest absolute Gasteiger partial charge is 0.249 e. The predicted molar refractivity (Wildman–Crippen MR) is 124 cm³/mol. The van der Waals surface area contributed by atoms with Crippen LogP contribution in [-0.4, -0.2) is 49.3 Å². The number of rotatable bonds is 3. The van der Waals surface area contributed by atoms with Crippen LogP contribution in [0.1, 0.15) is 78.3 Å². The summed E-state index contributed by atoms with van der Waals surface area (Å²) in [6.07, 6.45) is 12.1. The SMILES string of the molecule is C#Cc1nc(N)c2ncn(C3CCC(C(=O)NCC)O3)c2n1.CC.CC1CCCC(O)C1. The molecule has 1 aliphatic heterocycles. The van der Waals surface area contributed by atoms with Crippen LogP contribution in [0.2, 0.25) is 0 Å². The minimum atomic E-state index is -0.464. The van der Waals surface area contributed by atoms with Crippen molar-refractivity contribution in [2.75, 3.05) is 12.3 Å². The minimum absolute atomic E-state index is 0.0127. The van der Waals surface area contributed by atoms with Crippen LogP contribution in [0.4, 0.5) is 5.82 Å². The van der Waals surface area contributed by atoms with Crippen molar-refractivity contribution in [3.8, 4) is 12.3 Å². The average molecular weight is 445 g/mol. The van der Waals surface area contributed by atoms with Crippen LogP contribution in [0.5, 0.6) is 0 Å². The molecule has 0 spiro atoms. The molecule has 4 rings (SSSR count). The molecule has 1 amide bonds. The summed E-state index contributed by atoms with van der Waals surface area (Å²) in [5.41, 5.74) is 6.82. The lowest BCUT2D eigenvalue weighted by Crippen LogP contribution is -2.34. The van der Waals surface area contributed by atoms with Crippen LogP contribution in [0.15, 0.2) is 6.33 Å². The summed E-state index contributed by atoms with van der Waals surface area (Å²) in [6.45, 7) is 8.66. The maximum Gasteiger partial charge on any atom is 0.249 e. The van der Waals surface area contributed by atoms with Gasteiger partial charge < -0.3 is 20.9 Å². The molecule has 1 aliphatic carbocycles. The molecule has 3 heterocycles. The number of nitrogens with two attached hydrogens (primary N) is 1. The lowest BCUT2D eigenvalue weighted by atomic mass is 9.89. The number of hydrogen-bond acceptors (Lipinski definition) is 7. The van der Waals surface area contributed by atoms with E-state index >= 15 is 0 Å². The maximum absolute atomic E-state index is 11.8. The van der Waals surface area contributed by atoms with Crippen LogP contribution in [0, 0.1) is 18.3 Å². The van der Waals surface area contributed by atoms with Crippen LogP contribution in [0.3, 0.4) is 0 Å². The first-order valence-electron chi connectivity index (χ1n) is 11.5. The van der Waals surface area contributed by atoms with E-state index in [2.05, 4.69) is 33.1 Å². The van der Waals surface area contributed by atoms with E-state index in [4.69, 9.17) is 22.0 Å². The van der Waals surface area contributed by atoms with Crippen LogP contribution < -0.4 is 11.1 Å². The van der Waals surface area contributed by atoms with Gasteiger partial charge in [-0.1, -0.05) is 33.6 Å². The Labute approximate surface area is 190 Å². The summed E-state index contributed by atoms with van der Waals surface area (Å²) in [7, 11) is 0. The molecule has 176 valence electrons. The number of amides is 1. The fourth-order valence-corrected chi connectivity index (χ4v) is 3.92. The molecule has 4 atom stereocenters. The highest BCUT2D eigenvalue weighted by Gasteiger charge is 2.32. The van der Waals surface area contributed by atoms with E-state index in [1.165, 1.54) is 12.8 Å². The molecule has 2 aromatic rings. The number of nitrogens with zero attached hydrogens (tertiary/aromatic N) is 4. The van der Waals surface area contributed by atoms with E-state index in [0.29, 0.717) is 30.6 Å². The Kier molecular flexibility index (Phi) is 9.88. The van der Waals surface area contributed by atoms with Crippen molar-refractivity contribution in [1.82, 2.24) is 24.8 Å². The summed E-state index contributed by atoms with van der Waals surface area (Å²) in [4.78, 5) is 24.3. The van der Waals surface area contributed by atoms with Crippen molar-refractivity contribution in [3.63, 3.8) is 0 Å². The number of carbonyl (C=O) groups is 1.